The number of allylic oxidation sites excluding steroid dienone is 1. The summed E-state index contributed by atoms with van der Waals surface area (Å²) in [7, 11) is 0. The van der Waals surface area contributed by atoms with Gasteiger partial charge in [-0.2, -0.15) is 5.10 Å². The van der Waals surface area contributed by atoms with Gasteiger partial charge in [0.1, 0.15) is 0 Å². The summed E-state index contributed by atoms with van der Waals surface area (Å²) >= 11 is 0. The first-order valence-electron chi connectivity index (χ1n) is 11.2. The lowest BCUT2D eigenvalue weighted by Gasteiger charge is -2.27. The van der Waals surface area contributed by atoms with Crippen molar-refractivity contribution in [3.63, 3.8) is 0 Å². The van der Waals surface area contributed by atoms with Gasteiger partial charge in [0.05, 0.1) is 11.4 Å². The molecule has 3 heterocycles. The minimum Gasteiger partial charge on any atom is -0.314 e. The van der Waals surface area contributed by atoms with Gasteiger partial charge in [-0.3, -0.25) is 9.59 Å². The Morgan fingerprint density at radius 3 is 2.53 bits per heavy atom. The topological polar surface area (TPSA) is 92.0 Å². The number of amides is 2. The molecular weight excluding hydrogens is 428 g/mol. The van der Waals surface area contributed by atoms with Crippen molar-refractivity contribution in [2.45, 2.75) is 26.1 Å². The van der Waals surface area contributed by atoms with Gasteiger partial charge < -0.3 is 10.2 Å². The Morgan fingerprint density at radius 2 is 1.82 bits per heavy atom. The van der Waals surface area contributed by atoms with Crippen LogP contribution in [0.5, 0.6) is 0 Å². The fourth-order valence-corrected chi connectivity index (χ4v) is 3.92. The van der Waals surface area contributed by atoms with Crippen molar-refractivity contribution >= 4 is 23.7 Å². The summed E-state index contributed by atoms with van der Waals surface area (Å²) in [5.41, 5.74) is 4.86. The second-order valence-electron chi connectivity index (χ2n) is 8.08. The first-order valence-corrected chi connectivity index (χ1v) is 11.2. The van der Waals surface area contributed by atoms with Crippen LogP contribution in [0, 0.1) is 0 Å². The second kappa shape index (κ2) is 9.27. The van der Waals surface area contributed by atoms with Gasteiger partial charge in [0.2, 0.25) is 6.29 Å². The molecule has 2 aromatic carbocycles. The molecule has 1 N–H and O–H groups in total. The average molecular weight is 453 g/mol. The fraction of sp³-hybridized carbons (Fsp3) is 0.192. The third-order valence-corrected chi connectivity index (χ3v) is 5.88. The van der Waals surface area contributed by atoms with Gasteiger partial charge in [0, 0.05) is 54.5 Å². The summed E-state index contributed by atoms with van der Waals surface area (Å²) in [6.45, 7) is 2.58. The van der Waals surface area contributed by atoms with E-state index in [1.807, 2.05) is 48.7 Å². The predicted molar refractivity (Wildman–Crippen MR) is 130 cm³/mol. The summed E-state index contributed by atoms with van der Waals surface area (Å²) in [6, 6.07) is 16.7. The van der Waals surface area contributed by atoms with E-state index in [0.29, 0.717) is 24.1 Å². The molecule has 8 heteroatoms. The lowest BCUT2D eigenvalue weighted by atomic mass is 10.0. The molecule has 1 unspecified atom stereocenters. The van der Waals surface area contributed by atoms with E-state index in [4.69, 9.17) is 0 Å². The third kappa shape index (κ3) is 4.43. The SMILES string of the molecule is CCc1ccc(C(=O)NC2N=CC3=CN(C(=O)c4ccc(-n5cccn5)cc4)CCC3=N2)cc1. The van der Waals surface area contributed by atoms with Crippen LogP contribution >= 0.6 is 0 Å². The largest absolute Gasteiger partial charge is 0.314 e. The molecule has 34 heavy (non-hydrogen) atoms. The molecule has 0 saturated carbocycles. The molecule has 0 fully saturated rings. The Labute approximate surface area is 197 Å². The van der Waals surface area contributed by atoms with Crippen LogP contribution in [0.2, 0.25) is 0 Å². The van der Waals surface area contributed by atoms with Crippen LogP contribution in [0.1, 0.15) is 39.6 Å². The maximum absolute atomic E-state index is 13.0. The third-order valence-electron chi connectivity index (χ3n) is 5.88. The van der Waals surface area contributed by atoms with Crippen LogP contribution < -0.4 is 5.32 Å². The Morgan fingerprint density at radius 1 is 1.06 bits per heavy atom. The van der Waals surface area contributed by atoms with Crippen molar-refractivity contribution in [1.29, 1.82) is 0 Å². The number of hydrogen-bond donors (Lipinski definition) is 1. The lowest BCUT2D eigenvalue weighted by Crippen LogP contribution is -2.38. The predicted octanol–water partition coefficient (Wildman–Crippen LogP) is 3.40. The van der Waals surface area contributed by atoms with Crippen LogP contribution in [0.25, 0.3) is 5.69 Å². The molecule has 170 valence electrons. The zero-order valence-electron chi connectivity index (χ0n) is 18.8. The Bertz CT molecular complexity index is 1290. The molecule has 0 bridgehead atoms. The Hall–Kier alpha value is -4.33. The average Bonchev–Trinajstić information content (AvgIpc) is 3.43. The van der Waals surface area contributed by atoms with E-state index in [1.165, 1.54) is 5.56 Å². The molecule has 2 amide bonds. The highest BCUT2D eigenvalue weighted by Gasteiger charge is 2.25. The molecule has 8 nitrogen and oxygen atoms in total. The summed E-state index contributed by atoms with van der Waals surface area (Å²) < 4.78 is 1.74. The maximum Gasteiger partial charge on any atom is 0.257 e. The van der Waals surface area contributed by atoms with Gasteiger partial charge in [0.25, 0.3) is 11.8 Å². The first-order chi connectivity index (χ1) is 16.6. The molecule has 0 radical (unpaired) electrons. The van der Waals surface area contributed by atoms with Crippen molar-refractivity contribution in [3.05, 3.63) is 95.5 Å². The zero-order chi connectivity index (χ0) is 23.5. The van der Waals surface area contributed by atoms with Gasteiger partial charge >= 0.3 is 0 Å². The second-order valence-corrected chi connectivity index (χ2v) is 8.08. The number of carbonyl (C=O) groups excluding carboxylic acids is 2. The summed E-state index contributed by atoms with van der Waals surface area (Å²) in [6.07, 6.45) is 7.86. The van der Waals surface area contributed by atoms with Crippen LogP contribution in [-0.4, -0.2) is 51.3 Å². The van der Waals surface area contributed by atoms with E-state index in [0.717, 1.165) is 23.4 Å². The highest BCUT2D eigenvalue weighted by Crippen LogP contribution is 2.19. The standard InChI is InChI=1S/C26H24N6O2/c1-2-18-4-6-19(7-5-18)24(33)30-26-27-16-21-17-31(15-12-23(21)29-26)25(34)20-8-10-22(11-9-20)32-14-3-13-28-32/h3-11,13-14,16-17,26H,2,12,15H2,1H3,(H,30,33). The monoisotopic (exact) mass is 452 g/mol. The van der Waals surface area contributed by atoms with E-state index < -0.39 is 6.29 Å². The van der Waals surface area contributed by atoms with E-state index in [2.05, 4.69) is 27.3 Å². The van der Waals surface area contributed by atoms with Crippen LogP contribution in [0.4, 0.5) is 0 Å². The highest BCUT2D eigenvalue weighted by molar-refractivity contribution is 6.18. The molecule has 0 aliphatic carbocycles. The van der Waals surface area contributed by atoms with E-state index in [1.54, 1.807) is 40.3 Å². The number of nitrogens with zero attached hydrogens (tertiary/aromatic N) is 5. The summed E-state index contributed by atoms with van der Waals surface area (Å²) in [4.78, 5) is 36.2. The van der Waals surface area contributed by atoms with Gasteiger partial charge in [-0.1, -0.05) is 19.1 Å². The Balaban J connectivity index is 1.24. The van der Waals surface area contributed by atoms with Crippen LogP contribution in [0.3, 0.4) is 0 Å². The molecule has 2 aliphatic heterocycles. The smallest absolute Gasteiger partial charge is 0.257 e. The minimum atomic E-state index is -0.664. The molecule has 1 atom stereocenters. The van der Waals surface area contributed by atoms with E-state index in [9.17, 15) is 9.59 Å². The number of aryl methyl sites for hydroxylation is 1. The molecule has 2 aliphatic rings. The molecule has 5 rings (SSSR count). The van der Waals surface area contributed by atoms with Gasteiger partial charge in [-0.05, 0) is 54.4 Å². The summed E-state index contributed by atoms with van der Waals surface area (Å²) in [5, 5.41) is 7.05. The number of benzene rings is 2. The molecular formula is C26H24N6O2. The van der Waals surface area contributed by atoms with Gasteiger partial charge in [0.15, 0.2) is 0 Å². The number of aliphatic imine (C=N–C) groups is 2. The molecule has 0 spiro atoms. The summed E-state index contributed by atoms with van der Waals surface area (Å²) in [5.74, 6) is -0.300. The quantitative estimate of drug-likeness (QED) is 0.643. The normalized spacial score (nSPS) is 17.0. The van der Waals surface area contributed by atoms with Crippen LogP contribution in [0.15, 0.2) is 88.7 Å². The highest BCUT2D eigenvalue weighted by atomic mass is 16.2. The number of fused-ring (bicyclic) bond motifs is 1. The molecule has 0 saturated heterocycles. The number of aromatic nitrogens is 2. The molecule has 3 aromatic rings. The van der Waals surface area contributed by atoms with E-state index in [-0.39, 0.29) is 11.8 Å². The van der Waals surface area contributed by atoms with Gasteiger partial charge in [-0.15, -0.1) is 0 Å². The van der Waals surface area contributed by atoms with Crippen molar-refractivity contribution in [2.24, 2.45) is 9.98 Å². The fourth-order valence-electron chi connectivity index (χ4n) is 3.92. The number of carbonyl (C=O) groups is 2. The van der Waals surface area contributed by atoms with Gasteiger partial charge in [-0.25, -0.2) is 14.7 Å². The maximum atomic E-state index is 13.0. The lowest BCUT2D eigenvalue weighted by molar-refractivity contribution is 0.0822. The number of nitrogens with one attached hydrogen (secondary N) is 1. The van der Waals surface area contributed by atoms with Crippen molar-refractivity contribution in [1.82, 2.24) is 20.0 Å². The van der Waals surface area contributed by atoms with E-state index >= 15 is 0 Å². The Kier molecular flexibility index (Phi) is 5.86. The zero-order valence-corrected chi connectivity index (χ0v) is 18.8. The number of hydrogen-bond acceptors (Lipinski definition) is 5. The number of rotatable bonds is 5. The van der Waals surface area contributed by atoms with Crippen molar-refractivity contribution in [2.75, 3.05) is 6.54 Å². The molecule has 1 aromatic heterocycles. The van der Waals surface area contributed by atoms with Crippen LogP contribution in [-0.2, 0) is 6.42 Å². The van der Waals surface area contributed by atoms with Crippen molar-refractivity contribution < 1.29 is 9.59 Å². The first kappa shape index (κ1) is 21.5. The minimum absolute atomic E-state index is 0.0853. The van der Waals surface area contributed by atoms with Crippen molar-refractivity contribution in [3.8, 4) is 5.69 Å².